The van der Waals surface area contributed by atoms with E-state index < -0.39 is 0 Å². The second-order valence-corrected chi connectivity index (χ2v) is 3.65. The SMILES string of the molecule is C=C(C)C1CCC(C)=C1COC=O. The summed E-state index contributed by atoms with van der Waals surface area (Å²) in [6, 6.07) is 0. The third-order valence-corrected chi connectivity index (χ3v) is 2.68. The van der Waals surface area contributed by atoms with E-state index in [1.807, 2.05) is 6.92 Å². The molecule has 0 radical (unpaired) electrons. The third kappa shape index (κ3) is 2.20. The van der Waals surface area contributed by atoms with Crippen molar-refractivity contribution in [2.45, 2.75) is 26.7 Å². The van der Waals surface area contributed by atoms with Gasteiger partial charge in [-0.25, -0.2) is 0 Å². The van der Waals surface area contributed by atoms with E-state index in [0.29, 0.717) is 19.0 Å². The van der Waals surface area contributed by atoms with E-state index in [1.54, 1.807) is 0 Å². The summed E-state index contributed by atoms with van der Waals surface area (Å²) in [6.45, 7) is 9.03. The fourth-order valence-corrected chi connectivity index (χ4v) is 1.88. The number of hydrogen-bond acceptors (Lipinski definition) is 2. The normalized spacial score (nSPS) is 21.8. The van der Waals surface area contributed by atoms with Crippen molar-refractivity contribution >= 4 is 6.47 Å². The van der Waals surface area contributed by atoms with Crippen LogP contribution in [-0.4, -0.2) is 13.1 Å². The van der Waals surface area contributed by atoms with Crippen molar-refractivity contribution < 1.29 is 9.53 Å². The number of allylic oxidation sites excluding steroid dienone is 2. The number of carbonyl (C=O) groups is 1. The molecule has 2 nitrogen and oxygen atoms in total. The second kappa shape index (κ2) is 4.26. The van der Waals surface area contributed by atoms with Gasteiger partial charge in [-0.05, 0) is 32.3 Å². The molecular weight excluding hydrogens is 164 g/mol. The van der Waals surface area contributed by atoms with Gasteiger partial charge in [-0.2, -0.15) is 0 Å². The molecule has 2 heteroatoms. The molecule has 0 aromatic rings. The lowest BCUT2D eigenvalue weighted by Gasteiger charge is -2.14. The first kappa shape index (κ1) is 10.0. The molecule has 0 bridgehead atoms. The van der Waals surface area contributed by atoms with E-state index in [9.17, 15) is 4.79 Å². The molecule has 13 heavy (non-hydrogen) atoms. The van der Waals surface area contributed by atoms with Gasteiger partial charge in [0.2, 0.25) is 0 Å². The minimum absolute atomic E-state index is 0.431. The van der Waals surface area contributed by atoms with Crippen LogP contribution in [0.15, 0.2) is 23.3 Å². The number of rotatable bonds is 4. The van der Waals surface area contributed by atoms with Crippen LogP contribution in [-0.2, 0) is 9.53 Å². The van der Waals surface area contributed by atoms with Gasteiger partial charge in [0.05, 0.1) is 0 Å². The summed E-state index contributed by atoms with van der Waals surface area (Å²) in [7, 11) is 0. The Morgan fingerprint density at radius 2 is 2.46 bits per heavy atom. The predicted molar refractivity (Wildman–Crippen MR) is 52.3 cm³/mol. The monoisotopic (exact) mass is 180 g/mol. The van der Waals surface area contributed by atoms with Gasteiger partial charge < -0.3 is 4.74 Å². The fourth-order valence-electron chi connectivity index (χ4n) is 1.88. The second-order valence-electron chi connectivity index (χ2n) is 3.65. The Bertz CT molecular complexity index is 251. The van der Waals surface area contributed by atoms with E-state index >= 15 is 0 Å². The lowest BCUT2D eigenvalue weighted by molar-refractivity contribution is -0.127. The summed E-state index contributed by atoms with van der Waals surface area (Å²) < 4.78 is 4.79. The summed E-state index contributed by atoms with van der Waals surface area (Å²) in [5.41, 5.74) is 3.77. The van der Waals surface area contributed by atoms with Crippen molar-refractivity contribution in [1.82, 2.24) is 0 Å². The van der Waals surface area contributed by atoms with Crippen molar-refractivity contribution in [3.63, 3.8) is 0 Å². The molecule has 0 aromatic carbocycles. The zero-order valence-electron chi connectivity index (χ0n) is 8.30. The van der Waals surface area contributed by atoms with Gasteiger partial charge in [0.25, 0.3) is 6.47 Å². The lowest BCUT2D eigenvalue weighted by Crippen LogP contribution is -2.06. The fraction of sp³-hybridized carbons (Fsp3) is 0.545. The Balaban J connectivity index is 2.69. The van der Waals surface area contributed by atoms with Crippen molar-refractivity contribution in [2.24, 2.45) is 5.92 Å². The Morgan fingerprint density at radius 3 is 3.00 bits per heavy atom. The van der Waals surface area contributed by atoms with Crippen molar-refractivity contribution in [3.05, 3.63) is 23.3 Å². The highest BCUT2D eigenvalue weighted by atomic mass is 16.5. The Morgan fingerprint density at radius 1 is 1.77 bits per heavy atom. The van der Waals surface area contributed by atoms with Crippen LogP contribution in [0, 0.1) is 5.92 Å². The molecular formula is C11H16O2. The highest BCUT2D eigenvalue weighted by Crippen LogP contribution is 2.35. The maximum atomic E-state index is 10.1. The molecule has 0 heterocycles. The largest absolute Gasteiger partial charge is 0.463 e. The molecule has 0 fully saturated rings. The Hall–Kier alpha value is -1.05. The number of ether oxygens (including phenoxy) is 1. The molecule has 0 saturated heterocycles. The van der Waals surface area contributed by atoms with Crippen molar-refractivity contribution in [3.8, 4) is 0 Å². The molecule has 72 valence electrons. The van der Waals surface area contributed by atoms with Crippen LogP contribution in [0.3, 0.4) is 0 Å². The summed E-state index contributed by atoms with van der Waals surface area (Å²) in [6.07, 6.45) is 2.23. The van der Waals surface area contributed by atoms with Crippen LogP contribution < -0.4 is 0 Å². The number of carbonyl (C=O) groups excluding carboxylic acids is 1. The zero-order chi connectivity index (χ0) is 9.84. The average molecular weight is 180 g/mol. The van der Waals surface area contributed by atoms with Crippen LogP contribution in [0.4, 0.5) is 0 Å². The first-order valence-electron chi connectivity index (χ1n) is 4.56. The molecule has 0 aromatic heterocycles. The maximum Gasteiger partial charge on any atom is 0.293 e. The molecule has 0 N–H and O–H groups in total. The van der Waals surface area contributed by atoms with Crippen LogP contribution in [0.25, 0.3) is 0 Å². The first-order valence-corrected chi connectivity index (χ1v) is 4.56. The van der Waals surface area contributed by atoms with Gasteiger partial charge in [-0.1, -0.05) is 17.7 Å². The smallest absolute Gasteiger partial charge is 0.293 e. The molecule has 1 aliphatic rings. The zero-order valence-corrected chi connectivity index (χ0v) is 8.30. The highest BCUT2D eigenvalue weighted by molar-refractivity contribution is 5.39. The number of hydrogen-bond donors (Lipinski definition) is 0. The van der Waals surface area contributed by atoms with Gasteiger partial charge in [0.15, 0.2) is 0 Å². The minimum Gasteiger partial charge on any atom is -0.463 e. The molecule has 1 rings (SSSR count). The molecule has 0 amide bonds. The summed E-state index contributed by atoms with van der Waals surface area (Å²) in [4.78, 5) is 10.1. The van der Waals surface area contributed by atoms with Gasteiger partial charge in [-0.3, -0.25) is 4.79 Å². The quantitative estimate of drug-likeness (QED) is 0.490. The molecule has 0 spiro atoms. The van der Waals surface area contributed by atoms with Crippen LogP contribution in [0.5, 0.6) is 0 Å². The summed E-state index contributed by atoms with van der Waals surface area (Å²) in [5.74, 6) is 0.431. The van der Waals surface area contributed by atoms with Gasteiger partial charge in [-0.15, -0.1) is 0 Å². The van der Waals surface area contributed by atoms with E-state index in [-0.39, 0.29) is 0 Å². The van der Waals surface area contributed by atoms with Crippen LogP contribution in [0.1, 0.15) is 26.7 Å². The standard InChI is InChI=1S/C11H16O2/c1-8(2)10-5-4-9(3)11(10)6-13-7-12/h7,10H,1,4-6H2,2-3H3. The van der Waals surface area contributed by atoms with Crippen molar-refractivity contribution in [1.29, 1.82) is 0 Å². The lowest BCUT2D eigenvalue weighted by atomic mass is 9.95. The molecule has 0 aliphatic heterocycles. The van der Waals surface area contributed by atoms with Gasteiger partial charge in [0, 0.05) is 5.92 Å². The van der Waals surface area contributed by atoms with Gasteiger partial charge >= 0.3 is 0 Å². The molecule has 1 aliphatic carbocycles. The Kier molecular flexibility index (Phi) is 3.29. The summed E-state index contributed by atoms with van der Waals surface area (Å²) >= 11 is 0. The van der Waals surface area contributed by atoms with Crippen molar-refractivity contribution in [2.75, 3.05) is 6.61 Å². The first-order chi connectivity index (χ1) is 6.16. The topological polar surface area (TPSA) is 26.3 Å². The van der Waals surface area contributed by atoms with Crippen LogP contribution >= 0.6 is 0 Å². The minimum atomic E-state index is 0.431. The third-order valence-electron chi connectivity index (χ3n) is 2.68. The Labute approximate surface area is 79.3 Å². The predicted octanol–water partition coefficient (Wildman–Crippen LogP) is 2.46. The molecule has 0 saturated carbocycles. The van der Waals surface area contributed by atoms with Crippen LogP contribution in [0.2, 0.25) is 0 Å². The van der Waals surface area contributed by atoms with E-state index in [0.717, 1.165) is 12.8 Å². The maximum absolute atomic E-state index is 10.1. The average Bonchev–Trinajstić information content (AvgIpc) is 2.43. The van der Waals surface area contributed by atoms with E-state index in [2.05, 4.69) is 13.5 Å². The summed E-state index contributed by atoms with van der Waals surface area (Å²) in [5, 5.41) is 0. The molecule has 1 unspecified atom stereocenters. The highest BCUT2D eigenvalue weighted by Gasteiger charge is 2.23. The van der Waals surface area contributed by atoms with E-state index in [4.69, 9.17) is 4.74 Å². The molecule has 1 atom stereocenters. The van der Waals surface area contributed by atoms with Gasteiger partial charge in [0.1, 0.15) is 6.61 Å². The van der Waals surface area contributed by atoms with E-state index in [1.165, 1.54) is 16.7 Å².